The average molecular weight is 369 g/mol. The molecule has 3 nitrogen and oxygen atoms in total. The number of nitrogens with zero attached hydrogens (tertiary/aromatic N) is 1. The highest BCUT2D eigenvalue weighted by Gasteiger charge is 2.01. The van der Waals surface area contributed by atoms with Gasteiger partial charge >= 0.3 is 0 Å². The summed E-state index contributed by atoms with van der Waals surface area (Å²) in [7, 11) is 0. The maximum atomic E-state index is 4.42. The molecule has 0 unspecified atom stereocenters. The zero-order chi connectivity index (χ0) is 13.5. The minimum absolute atomic E-state index is 1.01. The number of nitrogens with one attached hydrogen (secondary N) is 2. The van der Waals surface area contributed by atoms with E-state index in [9.17, 15) is 0 Å². The first-order chi connectivity index (χ1) is 9.31. The van der Waals surface area contributed by atoms with Crippen molar-refractivity contribution in [2.45, 2.75) is 19.8 Å². The molecule has 0 aliphatic heterocycles. The van der Waals surface area contributed by atoms with Crippen LogP contribution in [0.5, 0.6) is 0 Å². The molecule has 1 heterocycles. The van der Waals surface area contributed by atoms with Gasteiger partial charge in [-0.15, -0.1) is 0 Å². The predicted molar refractivity (Wildman–Crippen MR) is 90.7 cm³/mol. The maximum absolute atomic E-state index is 4.42. The summed E-state index contributed by atoms with van der Waals surface area (Å²) in [6.45, 7) is 5.31. The van der Waals surface area contributed by atoms with Gasteiger partial charge in [0.05, 0.1) is 5.52 Å². The lowest BCUT2D eigenvalue weighted by Crippen LogP contribution is -2.15. The van der Waals surface area contributed by atoms with E-state index < -0.39 is 0 Å². The van der Waals surface area contributed by atoms with Crippen molar-refractivity contribution in [2.24, 2.45) is 0 Å². The first-order valence-electron chi connectivity index (χ1n) is 6.80. The van der Waals surface area contributed by atoms with Crippen LogP contribution in [0.4, 0.5) is 5.69 Å². The highest BCUT2D eigenvalue weighted by molar-refractivity contribution is 14.1. The van der Waals surface area contributed by atoms with E-state index in [4.69, 9.17) is 0 Å². The summed E-state index contributed by atoms with van der Waals surface area (Å²) in [4.78, 5) is 4.42. The van der Waals surface area contributed by atoms with Gasteiger partial charge in [-0.1, -0.05) is 6.92 Å². The van der Waals surface area contributed by atoms with Gasteiger partial charge in [0.1, 0.15) is 0 Å². The fourth-order valence-electron chi connectivity index (χ4n) is 2.05. The first kappa shape index (κ1) is 14.5. The van der Waals surface area contributed by atoms with Gasteiger partial charge in [-0.05, 0) is 72.8 Å². The molecule has 4 heteroatoms. The standard InChI is InChI=1S/C15H20IN3/c1-2-17-8-3-4-9-18-14-7-10-19-15-11-12(16)5-6-13(14)15/h5-7,10-11,17H,2-4,8-9H2,1H3,(H,18,19). The zero-order valence-electron chi connectivity index (χ0n) is 11.2. The number of benzene rings is 1. The monoisotopic (exact) mass is 369 g/mol. The Hall–Kier alpha value is -0.880. The molecule has 102 valence electrons. The fourth-order valence-corrected chi connectivity index (χ4v) is 2.52. The van der Waals surface area contributed by atoms with Crippen LogP contribution in [0.25, 0.3) is 10.9 Å². The lowest BCUT2D eigenvalue weighted by atomic mass is 10.2. The molecule has 0 aliphatic rings. The van der Waals surface area contributed by atoms with E-state index in [1.807, 2.05) is 6.20 Å². The van der Waals surface area contributed by atoms with Gasteiger partial charge in [0.25, 0.3) is 0 Å². The van der Waals surface area contributed by atoms with Gasteiger partial charge in [0.15, 0.2) is 0 Å². The molecule has 0 saturated heterocycles. The normalized spacial score (nSPS) is 10.8. The molecule has 0 amide bonds. The third-order valence-electron chi connectivity index (χ3n) is 3.05. The minimum atomic E-state index is 1.01. The van der Waals surface area contributed by atoms with E-state index in [-0.39, 0.29) is 0 Å². The van der Waals surface area contributed by atoms with Crippen molar-refractivity contribution < 1.29 is 0 Å². The third kappa shape index (κ3) is 4.31. The molecule has 0 bridgehead atoms. The van der Waals surface area contributed by atoms with Crippen LogP contribution in [0.2, 0.25) is 0 Å². The summed E-state index contributed by atoms with van der Waals surface area (Å²) in [6, 6.07) is 8.44. The van der Waals surface area contributed by atoms with Crippen LogP contribution < -0.4 is 10.6 Å². The molecule has 2 N–H and O–H groups in total. The summed E-state index contributed by atoms with van der Waals surface area (Å²) >= 11 is 2.32. The van der Waals surface area contributed by atoms with Crippen LogP contribution in [0.1, 0.15) is 19.8 Å². The Bertz CT molecular complexity index is 528. The van der Waals surface area contributed by atoms with E-state index in [1.165, 1.54) is 27.5 Å². The van der Waals surface area contributed by atoms with Crippen LogP contribution in [-0.2, 0) is 0 Å². The molecular weight excluding hydrogens is 349 g/mol. The third-order valence-corrected chi connectivity index (χ3v) is 3.72. The zero-order valence-corrected chi connectivity index (χ0v) is 13.4. The molecule has 19 heavy (non-hydrogen) atoms. The van der Waals surface area contributed by atoms with E-state index in [0.717, 1.165) is 25.2 Å². The number of anilines is 1. The molecule has 0 atom stereocenters. The molecule has 2 aromatic rings. The number of hydrogen-bond donors (Lipinski definition) is 2. The largest absolute Gasteiger partial charge is 0.384 e. The number of aromatic nitrogens is 1. The van der Waals surface area contributed by atoms with E-state index in [0.29, 0.717) is 0 Å². The Balaban J connectivity index is 1.93. The van der Waals surface area contributed by atoms with Crippen LogP contribution >= 0.6 is 22.6 Å². The quantitative estimate of drug-likeness (QED) is 0.578. The lowest BCUT2D eigenvalue weighted by molar-refractivity contribution is 0.653. The van der Waals surface area contributed by atoms with E-state index >= 15 is 0 Å². The van der Waals surface area contributed by atoms with Crippen molar-refractivity contribution in [3.63, 3.8) is 0 Å². The average Bonchev–Trinajstić information content (AvgIpc) is 2.42. The number of pyridine rings is 1. The number of hydrogen-bond acceptors (Lipinski definition) is 3. The van der Waals surface area contributed by atoms with Gasteiger partial charge < -0.3 is 10.6 Å². The molecule has 0 spiro atoms. The summed E-state index contributed by atoms with van der Waals surface area (Å²) in [5.74, 6) is 0. The Labute approximate surface area is 128 Å². The fraction of sp³-hybridized carbons (Fsp3) is 0.400. The number of fused-ring (bicyclic) bond motifs is 1. The first-order valence-corrected chi connectivity index (χ1v) is 7.88. The van der Waals surface area contributed by atoms with Crippen LogP contribution in [0.15, 0.2) is 30.5 Å². The Kier molecular flexibility index (Phi) is 5.85. The molecule has 0 aliphatic carbocycles. The van der Waals surface area contributed by atoms with Gasteiger partial charge in [0, 0.05) is 27.4 Å². The van der Waals surface area contributed by atoms with Gasteiger partial charge in [-0.3, -0.25) is 4.98 Å². The predicted octanol–water partition coefficient (Wildman–Crippen LogP) is 3.64. The van der Waals surface area contributed by atoms with Gasteiger partial charge in [-0.25, -0.2) is 0 Å². The summed E-state index contributed by atoms with van der Waals surface area (Å²) in [6.07, 6.45) is 4.27. The molecule has 1 aromatic carbocycles. The van der Waals surface area contributed by atoms with Gasteiger partial charge in [-0.2, -0.15) is 0 Å². The van der Waals surface area contributed by atoms with Crippen molar-refractivity contribution in [2.75, 3.05) is 25.0 Å². The van der Waals surface area contributed by atoms with E-state index in [2.05, 4.69) is 69.4 Å². The second-order valence-electron chi connectivity index (χ2n) is 4.51. The second-order valence-corrected chi connectivity index (χ2v) is 5.75. The lowest BCUT2D eigenvalue weighted by Gasteiger charge is -2.09. The number of halogens is 1. The smallest absolute Gasteiger partial charge is 0.0733 e. The maximum Gasteiger partial charge on any atom is 0.0733 e. The summed E-state index contributed by atoms with van der Waals surface area (Å²) < 4.78 is 1.22. The molecule has 2 rings (SSSR count). The highest BCUT2D eigenvalue weighted by atomic mass is 127. The Morgan fingerprint density at radius 3 is 2.84 bits per heavy atom. The summed E-state index contributed by atoms with van der Waals surface area (Å²) in [5, 5.41) is 8.06. The van der Waals surface area contributed by atoms with Crippen molar-refractivity contribution in [1.82, 2.24) is 10.3 Å². The molecule has 1 aromatic heterocycles. The van der Waals surface area contributed by atoms with Crippen molar-refractivity contribution >= 4 is 39.2 Å². The van der Waals surface area contributed by atoms with Crippen molar-refractivity contribution in [3.8, 4) is 0 Å². The highest BCUT2D eigenvalue weighted by Crippen LogP contribution is 2.23. The number of rotatable bonds is 7. The molecule has 0 saturated carbocycles. The second kappa shape index (κ2) is 7.65. The van der Waals surface area contributed by atoms with Crippen LogP contribution in [0.3, 0.4) is 0 Å². The van der Waals surface area contributed by atoms with Crippen molar-refractivity contribution in [1.29, 1.82) is 0 Å². The topological polar surface area (TPSA) is 37.0 Å². The van der Waals surface area contributed by atoms with E-state index in [1.54, 1.807) is 0 Å². The Morgan fingerprint density at radius 1 is 1.16 bits per heavy atom. The SMILES string of the molecule is CCNCCCCNc1ccnc2cc(I)ccc12. The Morgan fingerprint density at radius 2 is 2.00 bits per heavy atom. The minimum Gasteiger partial charge on any atom is -0.384 e. The van der Waals surface area contributed by atoms with Crippen molar-refractivity contribution in [3.05, 3.63) is 34.0 Å². The van der Waals surface area contributed by atoms with Crippen LogP contribution in [-0.4, -0.2) is 24.6 Å². The summed E-state index contributed by atoms with van der Waals surface area (Å²) in [5.41, 5.74) is 2.24. The number of unbranched alkanes of at least 4 members (excludes halogenated alkanes) is 1. The molecular formula is C15H20IN3. The van der Waals surface area contributed by atoms with Gasteiger partial charge in [0.2, 0.25) is 0 Å². The van der Waals surface area contributed by atoms with Crippen LogP contribution in [0, 0.1) is 3.57 Å². The molecule has 0 radical (unpaired) electrons. The molecule has 0 fully saturated rings.